The molecule has 1 unspecified atom stereocenters. The van der Waals surface area contributed by atoms with Crippen LogP contribution in [0.15, 0.2) is 66.5 Å². The third kappa shape index (κ3) is 4.27. The van der Waals surface area contributed by atoms with E-state index < -0.39 is 35.1 Å². The highest BCUT2D eigenvalue weighted by molar-refractivity contribution is 6.51. The van der Waals surface area contributed by atoms with Crippen molar-refractivity contribution < 1.29 is 28.2 Å². The van der Waals surface area contributed by atoms with Gasteiger partial charge in [-0.2, -0.15) is 0 Å². The SMILES string of the molecule is COc1ccc(/C(O)=C2/C(=O)C(=O)N(c3ccc(F)cc3F)C2c2ccncc2)cc1C(C)(C)C. The fourth-order valence-electron chi connectivity index (χ4n) is 4.22. The van der Waals surface area contributed by atoms with Gasteiger partial charge in [0.05, 0.1) is 24.4 Å². The molecule has 6 nitrogen and oxygen atoms in total. The first-order valence-corrected chi connectivity index (χ1v) is 10.9. The number of hydrogen-bond donors (Lipinski definition) is 1. The van der Waals surface area contributed by atoms with Crippen LogP contribution in [0.25, 0.3) is 5.76 Å². The molecule has 2 aromatic carbocycles. The standard InChI is InChI=1S/C27H24F2N2O4/c1-27(2,3)18-13-16(5-8-21(18)35-4)24(32)22-23(15-9-11-30-12-10-15)31(26(34)25(22)33)20-7-6-17(28)14-19(20)29/h5-14,23,32H,1-4H3/b24-22-. The van der Waals surface area contributed by atoms with E-state index in [0.29, 0.717) is 22.9 Å². The molecule has 8 heteroatoms. The number of aromatic nitrogens is 1. The van der Waals surface area contributed by atoms with Gasteiger partial charge in [-0.3, -0.25) is 19.5 Å². The Morgan fingerprint density at radius 3 is 2.31 bits per heavy atom. The Balaban J connectivity index is 1.97. The van der Waals surface area contributed by atoms with Crippen LogP contribution in [0.1, 0.15) is 43.5 Å². The molecule has 1 fully saturated rings. The maximum absolute atomic E-state index is 14.8. The second-order valence-electron chi connectivity index (χ2n) is 9.21. The number of carbonyl (C=O) groups is 2. The summed E-state index contributed by atoms with van der Waals surface area (Å²) >= 11 is 0. The first-order chi connectivity index (χ1) is 16.5. The van der Waals surface area contributed by atoms with Crippen LogP contribution in [-0.4, -0.2) is 28.9 Å². The highest BCUT2D eigenvalue weighted by Gasteiger charge is 2.47. The summed E-state index contributed by atoms with van der Waals surface area (Å²) in [7, 11) is 1.54. The molecule has 1 N–H and O–H groups in total. The lowest BCUT2D eigenvalue weighted by Crippen LogP contribution is -2.30. The number of carbonyl (C=O) groups excluding carboxylic acids is 2. The normalized spacial score (nSPS) is 17.7. The molecule has 0 aliphatic carbocycles. The third-order valence-electron chi connectivity index (χ3n) is 5.92. The summed E-state index contributed by atoms with van der Waals surface area (Å²) in [6, 6.07) is 9.65. The summed E-state index contributed by atoms with van der Waals surface area (Å²) in [4.78, 5) is 31.3. The largest absolute Gasteiger partial charge is 0.507 e. The Labute approximate surface area is 201 Å². The lowest BCUT2D eigenvalue weighted by atomic mass is 9.84. The van der Waals surface area contributed by atoms with Crippen molar-refractivity contribution in [2.45, 2.75) is 32.2 Å². The molecule has 1 aromatic heterocycles. The number of ether oxygens (including phenoxy) is 1. The maximum atomic E-state index is 14.8. The summed E-state index contributed by atoms with van der Waals surface area (Å²) in [6.45, 7) is 5.92. The first kappa shape index (κ1) is 24.1. The number of pyridine rings is 1. The fraction of sp³-hybridized carbons (Fsp3) is 0.222. The molecule has 1 aliphatic heterocycles. The smallest absolute Gasteiger partial charge is 0.300 e. The number of benzene rings is 2. The number of Topliss-reactive ketones (excluding diaryl/α,β-unsaturated/α-hetero) is 1. The highest BCUT2D eigenvalue weighted by atomic mass is 19.1. The second kappa shape index (κ2) is 8.94. The Morgan fingerprint density at radius 1 is 1.03 bits per heavy atom. The number of ketones is 1. The quantitative estimate of drug-likeness (QED) is 0.313. The van der Waals surface area contributed by atoms with E-state index in [1.165, 1.54) is 19.5 Å². The van der Waals surface area contributed by atoms with Crippen molar-refractivity contribution in [3.05, 3.63) is 94.8 Å². The molecule has 0 bridgehead atoms. The van der Waals surface area contributed by atoms with Crippen LogP contribution >= 0.6 is 0 Å². The Hall–Kier alpha value is -4.07. The van der Waals surface area contributed by atoms with Gasteiger partial charge in [0.1, 0.15) is 23.1 Å². The zero-order chi connectivity index (χ0) is 25.5. The zero-order valence-corrected chi connectivity index (χ0v) is 19.7. The van der Waals surface area contributed by atoms with Gasteiger partial charge in [-0.25, -0.2) is 8.78 Å². The molecule has 2 heterocycles. The van der Waals surface area contributed by atoms with Crippen molar-refractivity contribution >= 4 is 23.1 Å². The van der Waals surface area contributed by atoms with Crippen molar-refractivity contribution in [3.63, 3.8) is 0 Å². The van der Waals surface area contributed by atoms with Gasteiger partial charge in [-0.15, -0.1) is 0 Å². The zero-order valence-electron chi connectivity index (χ0n) is 19.7. The third-order valence-corrected chi connectivity index (χ3v) is 5.92. The van der Waals surface area contributed by atoms with Gasteiger partial charge in [0.25, 0.3) is 11.7 Å². The maximum Gasteiger partial charge on any atom is 0.300 e. The molecule has 0 saturated carbocycles. The van der Waals surface area contributed by atoms with Gasteiger partial charge >= 0.3 is 0 Å². The van der Waals surface area contributed by atoms with Gasteiger partial charge in [-0.1, -0.05) is 20.8 Å². The number of rotatable bonds is 4. The van der Waals surface area contributed by atoms with Crippen LogP contribution in [0.3, 0.4) is 0 Å². The number of hydrogen-bond acceptors (Lipinski definition) is 5. The highest BCUT2D eigenvalue weighted by Crippen LogP contribution is 2.43. The Bertz CT molecular complexity index is 1350. The predicted molar refractivity (Wildman–Crippen MR) is 127 cm³/mol. The van der Waals surface area contributed by atoms with Crippen molar-refractivity contribution in [2.24, 2.45) is 0 Å². The van der Waals surface area contributed by atoms with Crippen molar-refractivity contribution in [2.75, 3.05) is 12.0 Å². The Morgan fingerprint density at radius 2 is 1.71 bits per heavy atom. The van der Waals surface area contributed by atoms with Gasteiger partial charge in [0.15, 0.2) is 0 Å². The first-order valence-electron chi connectivity index (χ1n) is 10.9. The average molecular weight is 478 g/mol. The Kier molecular flexibility index (Phi) is 6.15. The van der Waals surface area contributed by atoms with E-state index in [1.54, 1.807) is 30.3 Å². The molecule has 4 rings (SSSR count). The minimum Gasteiger partial charge on any atom is -0.507 e. The minimum absolute atomic E-state index is 0.213. The topological polar surface area (TPSA) is 79.7 Å². The van der Waals surface area contributed by atoms with Gasteiger partial charge in [0.2, 0.25) is 0 Å². The number of halogens is 2. The van der Waals surface area contributed by atoms with Gasteiger partial charge in [0, 0.05) is 29.6 Å². The predicted octanol–water partition coefficient (Wildman–Crippen LogP) is 5.29. The van der Waals surface area contributed by atoms with Gasteiger partial charge < -0.3 is 9.84 Å². The van der Waals surface area contributed by atoms with E-state index >= 15 is 0 Å². The lowest BCUT2D eigenvalue weighted by Gasteiger charge is -2.26. The molecule has 35 heavy (non-hydrogen) atoms. The van der Waals surface area contributed by atoms with Crippen LogP contribution in [0, 0.1) is 11.6 Å². The van der Waals surface area contributed by atoms with Crippen LogP contribution in [0.2, 0.25) is 0 Å². The lowest BCUT2D eigenvalue weighted by molar-refractivity contribution is -0.132. The molecule has 0 radical (unpaired) electrons. The van der Waals surface area contributed by atoms with Crippen molar-refractivity contribution in [1.82, 2.24) is 4.98 Å². The molecule has 0 spiro atoms. The summed E-state index contributed by atoms with van der Waals surface area (Å²) in [5, 5.41) is 11.3. The molecule has 1 amide bonds. The molecule has 1 aliphatic rings. The van der Waals surface area contributed by atoms with Crippen LogP contribution in [0.4, 0.5) is 14.5 Å². The molecular weight excluding hydrogens is 454 g/mol. The average Bonchev–Trinajstić information content (AvgIpc) is 3.08. The summed E-state index contributed by atoms with van der Waals surface area (Å²) in [5.74, 6) is -3.66. The van der Waals surface area contributed by atoms with Crippen LogP contribution in [-0.2, 0) is 15.0 Å². The van der Waals surface area contributed by atoms with E-state index in [0.717, 1.165) is 22.6 Å². The summed E-state index contributed by atoms with van der Waals surface area (Å²) < 4.78 is 33.8. The van der Waals surface area contributed by atoms with Crippen LogP contribution in [0.5, 0.6) is 5.75 Å². The van der Waals surface area contributed by atoms with Crippen LogP contribution < -0.4 is 9.64 Å². The van der Waals surface area contributed by atoms with E-state index in [-0.39, 0.29) is 16.7 Å². The minimum atomic E-state index is -1.15. The number of methoxy groups -OCH3 is 1. The van der Waals surface area contributed by atoms with E-state index in [1.807, 2.05) is 20.8 Å². The molecule has 3 aromatic rings. The van der Waals surface area contributed by atoms with Crippen molar-refractivity contribution in [3.8, 4) is 5.75 Å². The molecule has 1 saturated heterocycles. The number of aliphatic hydroxyl groups is 1. The molecule has 180 valence electrons. The second-order valence-corrected chi connectivity index (χ2v) is 9.21. The number of anilines is 1. The number of nitrogens with zero attached hydrogens (tertiary/aromatic N) is 2. The summed E-state index contributed by atoms with van der Waals surface area (Å²) in [5.41, 5.74) is 0.661. The summed E-state index contributed by atoms with van der Waals surface area (Å²) in [6.07, 6.45) is 2.92. The number of amides is 1. The molecule has 1 atom stereocenters. The van der Waals surface area contributed by atoms with Gasteiger partial charge in [-0.05, 0) is 53.4 Å². The van der Waals surface area contributed by atoms with E-state index in [9.17, 15) is 23.5 Å². The fourth-order valence-corrected chi connectivity index (χ4v) is 4.22. The molecular formula is C27H24F2N2O4. The van der Waals surface area contributed by atoms with E-state index in [2.05, 4.69) is 4.98 Å². The number of aliphatic hydroxyl groups excluding tert-OH is 1. The van der Waals surface area contributed by atoms with Crippen molar-refractivity contribution in [1.29, 1.82) is 0 Å². The van der Waals surface area contributed by atoms with E-state index in [4.69, 9.17) is 4.74 Å². The monoisotopic (exact) mass is 478 g/mol.